The molecule has 2 rings (SSSR count). The Morgan fingerprint density at radius 2 is 2.32 bits per heavy atom. The van der Waals surface area contributed by atoms with E-state index < -0.39 is 0 Å². The summed E-state index contributed by atoms with van der Waals surface area (Å²) in [6.45, 7) is 3.30. The molecule has 0 atom stereocenters. The fourth-order valence-electron chi connectivity index (χ4n) is 1.91. The summed E-state index contributed by atoms with van der Waals surface area (Å²) in [4.78, 5) is 6.57. The van der Waals surface area contributed by atoms with Crippen LogP contribution in [0.5, 0.6) is 5.88 Å². The molecule has 1 heterocycles. The van der Waals surface area contributed by atoms with Gasteiger partial charge in [0.2, 0.25) is 5.88 Å². The highest BCUT2D eigenvalue weighted by Crippen LogP contribution is 2.24. The lowest BCUT2D eigenvalue weighted by atomic mass is 10.2. The molecule has 0 unspecified atom stereocenters. The Morgan fingerprint density at radius 1 is 1.58 bits per heavy atom. The maximum absolute atomic E-state index is 8.68. The number of hydrogen-bond donors (Lipinski definition) is 2. The Balaban J connectivity index is 1.93. The standard InChI is InChI=1S/C13H20N4O2/c1-9-7-10(13(14)16-18)8-12(15-9)19-6-5-17(2)11-3-4-11/h7-8,11,18H,3-6H2,1-2H3,(H2,14,16). The highest BCUT2D eigenvalue weighted by molar-refractivity contribution is 5.97. The topological polar surface area (TPSA) is 84.0 Å². The number of nitrogens with zero attached hydrogens (tertiary/aromatic N) is 3. The number of nitrogens with two attached hydrogens (primary N) is 1. The SMILES string of the molecule is Cc1cc(/C(N)=N/O)cc(OCCN(C)C2CC2)n1. The van der Waals surface area contributed by atoms with Gasteiger partial charge in [0.25, 0.3) is 0 Å². The van der Waals surface area contributed by atoms with Crippen molar-refractivity contribution in [2.75, 3.05) is 20.2 Å². The van der Waals surface area contributed by atoms with Crippen LogP contribution in [-0.2, 0) is 0 Å². The summed E-state index contributed by atoms with van der Waals surface area (Å²) in [5.41, 5.74) is 6.95. The minimum atomic E-state index is 0.0606. The second-order valence-electron chi connectivity index (χ2n) is 4.88. The van der Waals surface area contributed by atoms with E-state index in [1.165, 1.54) is 12.8 Å². The van der Waals surface area contributed by atoms with E-state index >= 15 is 0 Å². The zero-order valence-corrected chi connectivity index (χ0v) is 11.3. The van der Waals surface area contributed by atoms with E-state index in [9.17, 15) is 0 Å². The van der Waals surface area contributed by atoms with Crippen molar-refractivity contribution in [3.8, 4) is 5.88 Å². The number of hydrogen-bond acceptors (Lipinski definition) is 5. The molecule has 1 aliphatic carbocycles. The van der Waals surface area contributed by atoms with Crippen LogP contribution in [0, 0.1) is 6.92 Å². The number of aryl methyl sites for hydroxylation is 1. The maximum atomic E-state index is 8.68. The third-order valence-corrected chi connectivity index (χ3v) is 3.20. The molecule has 104 valence electrons. The van der Waals surface area contributed by atoms with Crippen molar-refractivity contribution in [3.63, 3.8) is 0 Å². The minimum Gasteiger partial charge on any atom is -0.476 e. The Kier molecular flexibility index (Phi) is 4.21. The molecule has 0 bridgehead atoms. The summed E-state index contributed by atoms with van der Waals surface area (Å²) in [5.74, 6) is 0.566. The van der Waals surface area contributed by atoms with Gasteiger partial charge < -0.3 is 20.6 Å². The minimum absolute atomic E-state index is 0.0606. The van der Waals surface area contributed by atoms with Crippen LogP contribution in [0.1, 0.15) is 24.1 Å². The molecule has 1 saturated carbocycles. The molecule has 3 N–H and O–H groups in total. The predicted molar refractivity (Wildman–Crippen MR) is 72.6 cm³/mol. The molecule has 0 spiro atoms. The van der Waals surface area contributed by atoms with Crippen LogP contribution in [0.4, 0.5) is 0 Å². The summed E-state index contributed by atoms with van der Waals surface area (Å²) >= 11 is 0. The van der Waals surface area contributed by atoms with E-state index in [0.717, 1.165) is 18.3 Å². The van der Waals surface area contributed by atoms with Crippen LogP contribution < -0.4 is 10.5 Å². The summed E-state index contributed by atoms with van der Waals surface area (Å²) in [5, 5.41) is 11.7. The normalized spacial score (nSPS) is 15.8. The van der Waals surface area contributed by atoms with Crippen LogP contribution in [0.25, 0.3) is 0 Å². The Morgan fingerprint density at radius 3 is 2.95 bits per heavy atom. The third-order valence-electron chi connectivity index (χ3n) is 3.20. The van der Waals surface area contributed by atoms with Gasteiger partial charge in [0.15, 0.2) is 5.84 Å². The largest absolute Gasteiger partial charge is 0.476 e. The van der Waals surface area contributed by atoms with Crippen LogP contribution in [-0.4, -0.2) is 47.2 Å². The first kappa shape index (κ1) is 13.6. The highest BCUT2D eigenvalue weighted by atomic mass is 16.5. The maximum Gasteiger partial charge on any atom is 0.214 e. The molecule has 1 aromatic heterocycles. The van der Waals surface area contributed by atoms with Crippen LogP contribution in [0.3, 0.4) is 0 Å². The van der Waals surface area contributed by atoms with Gasteiger partial charge in [-0.05, 0) is 32.9 Å². The first-order valence-corrected chi connectivity index (χ1v) is 6.40. The molecule has 1 fully saturated rings. The van der Waals surface area contributed by atoms with E-state index in [0.29, 0.717) is 18.1 Å². The van der Waals surface area contributed by atoms with Crippen LogP contribution in [0.15, 0.2) is 17.3 Å². The molecule has 6 nitrogen and oxygen atoms in total. The van der Waals surface area contributed by atoms with Crippen molar-refractivity contribution in [1.29, 1.82) is 0 Å². The van der Waals surface area contributed by atoms with Gasteiger partial charge in [0, 0.05) is 29.9 Å². The van der Waals surface area contributed by atoms with E-state index in [2.05, 4.69) is 22.1 Å². The van der Waals surface area contributed by atoms with Gasteiger partial charge >= 0.3 is 0 Å². The summed E-state index contributed by atoms with van der Waals surface area (Å²) in [7, 11) is 2.10. The van der Waals surface area contributed by atoms with Crippen molar-refractivity contribution < 1.29 is 9.94 Å². The number of pyridine rings is 1. The Bertz CT molecular complexity index is 472. The first-order valence-electron chi connectivity index (χ1n) is 6.40. The van der Waals surface area contributed by atoms with E-state index in [-0.39, 0.29) is 5.84 Å². The van der Waals surface area contributed by atoms with Gasteiger partial charge in [0.05, 0.1) is 0 Å². The second-order valence-corrected chi connectivity index (χ2v) is 4.88. The predicted octanol–water partition coefficient (Wildman–Crippen LogP) is 0.958. The molecule has 0 amide bonds. The van der Waals surface area contributed by atoms with Crippen molar-refractivity contribution in [2.24, 2.45) is 10.9 Å². The van der Waals surface area contributed by atoms with Crippen LogP contribution >= 0.6 is 0 Å². The van der Waals surface area contributed by atoms with Gasteiger partial charge in [-0.15, -0.1) is 0 Å². The van der Waals surface area contributed by atoms with E-state index in [4.69, 9.17) is 15.7 Å². The molecular weight excluding hydrogens is 244 g/mol. The zero-order valence-electron chi connectivity index (χ0n) is 11.3. The van der Waals surface area contributed by atoms with E-state index in [1.54, 1.807) is 12.1 Å². The van der Waals surface area contributed by atoms with Crippen LogP contribution in [0.2, 0.25) is 0 Å². The number of aromatic nitrogens is 1. The summed E-state index contributed by atoms with van der Waals surface area (Å²) < 4.78 is 5.63. The summed E-state index contributed by atoms with van der Waals surface area (Å²) in [6.07, 6.45) is 2.57. The second kappa shape index (κ2) is 5.88. The molecule has 0 aromatic carbocycles. The molecular formula is C13H20N4O2. The molecule has 1 aliphatic rings. The Labute approximate surface area is 112 Å². The number of oxime groups is 1. The molecule has 0 radical (unpaired) electrons. The van der Waals surface area contributed by atoms with Gasteiger partial charge in [-0.3, -0.25) is 0 Å². The molecule has 1 aromatic rings. The quantitative estimate of drug-likeness (QED) is 0.346. The van der Waals surface area contributed by atoms with Gasteiger partial charge in [-0.25, -0.2) is 4.98 Å². The third kappa shape index (κ3) is 3.82. The smallest absolute Gasteiger partial charge is 0.214 e. The van der Waals surface area contributed by atoms with Crippen molar-refractivity contribution in [1.82, 2.24) is 9.88 Å². The molecule has 6 heteroatoms. The zero-order chi connectivity index (χ0) is 13.8. The summed E-state index contributed by atoms with van der Waals surface area (Å²) in [6, 6.07) is 4.15. The number of likely N-dealkylation sites (N-methyl/N-ethyl adjacent to an activating group) is 1. The molecule has 19 heavy (non-hydrogen) atoms. The fraction of sp³-hybridized carbons (Fsp3) is 0.538. The fourth-order valence-corrected chi connectivity index (χ4v) is 1.91. The van der Waals surface area contributed by atoms with Crippen molar-refractivity contribution in [3.05, 3.63) is 23.4 Å². The average molecular weight is 264 g/mol. The molecule has 0 saturated heterocycles. The molecule has 0 aliphatic heterocycles. The Hall–Kier alpha value is -1.82. The van der Waals surface area contributed by atoms with Gasteiger partial charge in [-0.2, -0.15) is 0 Å². The lowest BCUT2D eigenvalue weighted by Gasteiger charge is -2.15. The average Bonchev–Trinajstić information content (AvgIpc) is 3.21. The van der Waals surface area contributed by atoms with Gasteiger partial charge in [-0.1, -0.05) is 5.16 Å². The lowest BCUT2D eigenvalue weighted by molar-refractivity contribution is 0.226. The van der Waals surface area contributed by atoms with Crippen molar-refractivity contribution >= 4 is 5.84 Å². The number of rotatable bonds is 6. The highest BCUT2D eigenvalue weighted by Gasteiger charge is 2.25. The number of ether oxygens (including phenoxy) is 1. The van der Waals surface area contributed by atoms with Gasteiger partial charge in [0.1, 0.15) is 6.61 Å². The van der Waals surface area contributed by atoms with Crippen molar-refractivity contribution in [2.45, 2.75) is 25.8 Å². The van der Waals surface area contributed by atoms with E-state index in [1.807, 2.05) is 6.92 Å². The monoisotopic (exact) mass is 264 g/mol. The number of amidine groups is 1. The lowest BCUT2D eigenvalue weighted by Crippen LogP contribution is -2.26. The first-order chi connectivity index (χ1) is 9.10.